The summed E-state index contributed by atoms with van der Waals surface area (Å²) in [5, 5.41) is 14.7. The lowest BCUT2D eigenvalue weighted by atomic mass is 9.97. The average Bonchev–Trinajstić information content (AvgIpc) is 3.08. The molecule has 1 aliphatic heterocycles. The summed E-state index contributed by atoms with van der Waals surface area (Å²) in [6.45, 7) is 1.78. The minimum Gasteiger partial charge on any atom is -0.392 e. The molecule has 142 valence electrons. The number of aliphatic hydroxyl groups is 1. The largest absolute Gasteiger partial charge is 0.392 e. The quantitative estimate of drug-likeness (QED) is 0.665. The molecule has 2 N–H and O–H groups in total. The molecule has 0 amide bonds. The van der Waals surface area contributed by atoms with E-state index in [1.165, 1.54) is 0 Å². The molecule has 0 radical (unpaired) electrons. The molecule has 0 saturated carbocycles. The molecule has 1 saturated heterocycles. The van der Waals surface area contributed by atoms with Gasteiger partial charge < -0.3 is 15.0 Å². The summed E-state index contributed by atoms with van der Waals surface area (Å²) < 4.78 is 2.03. The van der Waals surface area contributed by atoms with Crippen LogP contribution in [0, 0.1) is 0 Å². The number of nitrogens with zero attached hydrogens (tertiary/aromatic N) is 3. The minimum absolute atomic E-state index is 0.180. The Hall–Kier alpha value is -1.66. The molecule has 4 rings (SSSR count). The van der Waals surface area contributed by atoms with Gasteiger partial charge in [0.15, 0.2) is 5.65 Å². The van der Waals surface area contributed by atoms with Gasteiger partial charge in [0.25, 0.3) is 0 Å². The van der Waals surface area contributed by atoms with Gasteiger partial charge in [-0.1, -0.05) is 35.3 Å². The van der Waals surface area contributed by atoms with Crippen molar-refractivity contribution in [2.45, 2.75) is 44.4 Å². The molecule has 0 aliphatic carbocycles. The minimum atomic E-state index is -0.244. The third-order valence-corrected chi connectivity index (χ3v) is 5.79. The van der Waals surface area contributed by atoms with Crippen molar-refractivity contribution in [2.75, 3.05) is 6.54 Å². The summed E-state index contributed by atoms with van der Waals surface area (Å²) in [7, 11) is 0. The normalized spacial score (nSPS) is 20.3. The number of halogens is 2. The number of aromatic nitrogens is 3. The van der Waals surface area contributed by atoms with Crippen molar-refractivity contribution in [2.24, 2.45) is 0 Å². The van der Waals surface area contributed by atoms with Crippen molar-refractivity contribution in [3.05, 3.63) is 46.8 Å². The number of pyridine rings is 1. The second-order valence-corrected chi connectivity index (χ2v) is 7.83. The third kappa shape index (κ3) is 3.97. The fraction of sp³-hybridized carbons (Fsp3) is 0.400. The first kappa shape index (κ1) is 18.7. The molecule has 7 heteroatoms. The van der Waals surface area contributed by atoms with Crippen LogP contribution in [0.25, 0.3) is 22.3 Å². The first-order chi connectivity index (χ1) is 13.1. The van der Waals surface area contributed by atoms with Gasteiger partial charge in [-0.3, -0.25) is 0 Å². The molecular weight excluding hydrogens is 383 g/mol. The van der Waals surface area contributed by atoms with E-state index >= 15 is 0 Å². The lowest BCUT2D eigenvalue weighted by Gasteiger charge is -2.28. The molecule has 2 atom stereocenters. The Balaban J connectivity index is 1.51. The number of aliphatic hydroxyl groups excluding tert-OH is 1. The van der Waals surface area contributed by atoms with E-state index in [9.17, 15) is 5.11 Å². The van der Waals surface area contributed by atoms with Crippen molar-refractivity contribution < 1.29 is 5.11 Å². The van der Waals surface area contributed by atoms with Gasteiger partial charge >= 0.3 is 0 Å². The highest BCUT2D eigenvalue weighted by Crippen LogP contribution is 2.33. The zero-order valence-corrected chi connectivity index (χ0v) is 16.4. The fourth-order valence-electron chi connectivity index (χ4n) is 3.71. The lowest BCUT2D eigenvalue weighted by molar-refractivity contribution is 0.0909. The number of hydrogen-bond donors (Lipinski definition) is 2. The lowest BCUT2D eigenvalue weighted by Crippen LogP contribution is -2.44. The first-order valence-corrected chi connectivity index (χ1v) is 10.1. The molecule has 3 heterocycles. The monoisotopic (exact) mass is 404 g/mol. The number of benzene rings is 1. The number of piperidine rings is 1. The van der Waals surface area contributed by atoms with Gasteiger partial charge in [-0.15, -0.1) is 0 Å². The van der Waals surface area contributed by atoms with Gasteiger partial charge in [-0.05, 0) is 49.9 Å². The van der Waals surface area contributed by atoms with E-state index in [0.717, 1.165) is 55.5 Å². The molecular formula is C20H22Cl2N4O. The van der Waals surface area contributed by atoms with Crippen LogP contribution in [0.4, 0.5) is 0 Å². The van der Waals surface area contributed by atoms with E-state index in [1.807, 2.05) is 28.8 Å². The summed E-state index contributed by atoms with van der Waals surface area (Å²) in [4.78, 5) is 9.07. The van der Waals surface area contributed by atoms with E-state index < -0.39 is 0 Å². The highest BCUT2D eigenvalue weighted by atomic mass is 35.5. The second kappa shape index (κ2) is 8.15. The van der Waals surface area contributed by atoms with Gasteiger partial charge in [-0.25, -0.2) is 9.97 Å². The molecule has 0 spiro atoms. The summed E-state index contributed by atoms with van der Waals surface area (Å²) in [6, 6.07) is 7.73. The van der Waals surface area contributed by atoms with Crippen LogP contribution in [0.5, 0.6) is 0 Å². The molecule has 2 aromatic heterocycles. The number of nitrogens with one attached hydrogen (secondary N) is 1. The van der Waals surface area contributed by atoms with E-state index in [4.69, 9.17) is 23.2 Å². The number of aryl methyl sites for hydroxylation is 1. The van der Waals surface area contributed by atoms with Crippen molar-refractivity contribution in [1.82, 2.24) is 19.9 Å². The van der Waals surface area contributed by atoms with E-state index in [1.54, 1.807) is 12.5 Å². The van der Waals surface area contributed by atoms with Crippen LogP contribution < -0.4 is 5.32 Å². The van der Waals surface area contributed by atoms with Crippen molar-refractivity contribution in [3.8, 4) is 11.1 Å². The maximum atomic E-state index is 10.1. The number of imidazole rings is 1. The van der Waals surface area contributed by atoms with E-state index in [-0.39, 0.29) is 12.1 Å². The van der Waals surface area contributed by atoms with E-state index in [2.05, 4.69) is 15.3 Å². The van der Waals surface area contributed by atoms with Crippen LogP contribution in [0.1, 0.15) is 25.7 Å². The van der Waals surface area contributed by atoms with Crippen molar-refractivity contribution in [1.29, 1.82) is 0 Å². The predicted octanol–water partition coefficient (Wildman–Crippen LogP) is 4.30. The van der Waals surface area contributed by atoms with Crippen LogP contribution in [-0.2, 0) is 6.54 Å². The summed E-state index contributed by atoms with van der Waals surface area (Å²) in [5.74, 6) is 0. The zero-order valence-electron chi connectivity index (χ0n) is 14.9. The number of hydrogen-bond acceptors (Lipinski definition) is 4. The summed E-state index contributed by atoms with van der Waals surface area (Å²) in [5.41, 5.74) is 3.23. The summed E-state index contributed by atoms with van der Waals surface area (Å²) >= 11 is 12.7. The highest BCUT2D eigenvalue weighted by Gasteiger charge is 2.22. The van der Waals surface area contributed by atoms with Gasteiger partial charge in [0.05, 0.1) is 17.5 Å². The molecule has 3 aromatic rings. The van der Waals surface area contributed by atoms with Crippen molar-refractivity contribution >= 4 is 34.4 Å². The number of fused-ring (bicyclic) bond motifs is 1. The molecule has 1 aromatic carbocycles. The van der Waals surface area contributed by atoms with Gasteiger partial charge in [-0.2, -0.15) is 0 Å². The maximum Gasteiger partial charge on any atom is 0.161 e. The average molecular weight is 405 g/mol. The second-order valence-electron chi connectivity index (χ2n) is 7.02. The molecule has 0 bridgehead atoms. The predicted molar refractivity (Wildman–Crippen MR) is 109 cm³/mol. The van der Waals surface area contributed by atoms with Gasteiger partial charge in [0.1, 0.15) is 5.52 Å². The topological polar surface area (TPSA) is 63.0 Å². The van der Waals surface area contributed by atoms with E-state index in [0.29, 0.717) is 15.6 Å². The summed E-state index contributed by atoms with van der Waals surface area (Å²) in [6.07, 6.45) is 7.11. The van der Waals surface area contributed by atoms with Crippen LogP contribution in [0.3, 0.4) is 0 Å². The molecule has 1 fully saturated rings. The van der Waals surface area contributed by atoms with Crippen LogP contribution >= 0.6 is 23.2 Å². The fourth-order valence-corrected chi connectivity index (χ4v) is 4.19. The molecule has 27 heavy (non-hydrogen) atoms. The van der Waals surface area contributed by atoms with Gasteiger partial charge in [0, 0.05) is 29.4 Å². The Kier molecular flexibility index (Phi) is 5.64. The number of rotatable bonds is 5. The Bertz CT molecular complexity index is 943. The van der Waals surface area contributed by atoms with Crippen LogP contribution in [0.2, 0.25) is 10.0 Å². The maximum absolute atomic E-state index is 10.1. The standard InChI is InChI=1S/C20H22Cl2N4O/c21-14-5-1-4-13(10-14)15-11-24-20-19(18(15)22)25-12-26(20)9-3-6-16-17(27)7-2-8-23-16/h1,4-5,10-12,16-17,23,27H,2-3,6-9H2/t16-,17+/m1/s1. The zero-order chi connectivity index (χ0) is 18.8. The van der Waals surface area contributed by atoms with Crippen LogP contribution in [-0.4, -0.2) is 38.3 Å². The van der Waals surface area contributed by atoms with Gasteiger partial charge in [0.2, 0.25) is 0 Å². The third-order valence-electron chi connectivity index (χ3n) is 5.17. The Labute approximate surface area is 168 Å². The Morgan fingerprint density at radius 2 is 2.15 bits per heavy atom. The highest BCUT2D eigenvalue weighted by molar-refractivity contribution is 6.37. The Morgan fingerprint density at radius 1 is 1.26 bits per heavy atom. The molecule has 5 nitrogen and oxygen atoms in total. The van der Waals surface area contributed by atoms with Crippen molar-refractivity contribution in [3.63, 3.8) is 0 Å². The SMILES string of the molecule is O[C@H]1CCCN[C@@H]1CCCn1cnc2c(Cl)c(-c3cccc(Cl)c3)cnc21. The first-order valence-electron chi connectivity index (χ1n) is 9.30. The molecule has 1 aliphatic rings. The smallest absolute Gasteiger partial charge is 0.161 e. The molecule has 0 unspecified atom stereocenters. The van der Waals surface area contributed by atoms with Crippen LogP contribution in [0.15, 0.2) is 36.8 Å². The Morgan fingerprint density at radius 3 is 2.96 bits per heavy atom.